The molecule has 1 aliphatic rings. The summed E-state index contributed by atoms with van der Waals surface area (Å²) in [5.41, 5.74) is 7.32. The van der Waals surface area contributed by atoms with Gasteiger partial charge in [-0.15, -0.1) is 0 Å². The van der Waals surface area contributed by atoms with Crippen molar-refractivity contribution < 1.29 is 22.7 Å². The summed E-state index contributed by atoms with van der Waals surface area (Å²) in [7, 11) is -4.35. The Morgan fingerprint density at radius 1 is 1.00 bits per heavy atom. The van der Waals surface area contributed by atoms with E-state index in [1.807, 2.05) is 0 Å². The van der Waals surface area contributed by atoms with Gasteiger partial charge in [-0.3, -0.25) is 9.36 Å². The van der Waals surface area contributed by atoms with Crippen molar-refractivity contribution in [1.29, 1.82) is 0 Å². The largest absolute Gasteiger partial charge is 0.462 e. The number of hydrogen-bond acceptors (Lipinski definition) is 7. The van der Waals surface area contributed by atoms with Crippen LogP contribution in [0.25, 0.3) is 11.0 Å². The molecule has 0 radical (unpaired) electrons. The van der Waals surface area contributed by atoms with Crippen molar-refractivity contribution in [1.82, 2.24) is 4.57 Å². The molecule has 204 valence electrons. The number of ether oxygens (including phenoxy) is 1. The molecule has 1 aromatic heterocycles. The van der Waals surface area contributed by atoms with Crippen LogP contribution in [-0.2, 0) is 19.4 Å². The highest BCUT2D eigenvalue weighted by atomic mass is 35.5. The summed E-state index contributed by atoms with van der Waals surface area (Å²) in [6, 6.07) is 21.2. The third kappa shape index (κ3) is 4.83. The smallest absolute Gasteiger partial charge is 0.346 e. The van der Waals surface area contributed by atoms with Gasteiger partial charge in [0, 0.05) is 15.3 Å². The van der Waals surface area contributed by atoms with E-state index in [2.05, 4.69) is 0 Å². The molecule has 2 N–H and O–H groups in total. The van der Waals surface area contributed by atoms with Crippen molar-refractivity contribution in [2.75, 3.05) is 12.3 Å². The number of fused-ring (bicyclic) bond motifs is 1. The molecule has 0 saturated heterocycles. The van der Waals surface area contributed by atoms with Crippen molar-refractivity contribution in [2.45, 2.75) is 22.1 Å². The van der Waals surface area contributed by atoms with Gasteiger partial charge in [0.05, 0.1) is 22.5 Å². The molecule has 4 aromatic rings. The Morgan fingerprint density at radius 2 is 1.62 bits per heavy atom. The third-order valence-corrected chi connectivity index (χ3v) is 10.0. The number of carbonyl (C=O) groups is 2. The van der Waals surface area contributed by atoms with Crippen LogP contribution in [0.1, 0.15) is 28.1 Å². The summed E-state index contributed by atoms with van der Waals surface area (Å²) in [6.07, 6.45) is 1.57. The SMILES string of the molecule is CCOC(=O)C1=c2/c(=C/c3ccccc3Cl)c(N)c(S(=O)(=O)c3ccccc3)n2C(=O)C(c2ccccc2Cl)S1. The van der Waals surface area contributed by atoms with E-state index in [1.165, 1.54) is 12.1 Å². The molecule has 5 rings (SSSR count). The number of sulfone groups is 1. The summed E-state index contributed by atoms with van der Waals surface area (Å²) < 4.78 is 34.5. The van der Waals surface area contributed by atoms with Gasteiger partial charge in [-0.1, -0.05) is 89.6 Å². The van der Waals surface area contributed by atoms with Gasteiger partial charge in [0.25, 0.3) is 0 Å². The highest BCUT2D eigenvalue weighted by Gasteiger charge is 2.40. The Hall–Kier alpha value is -3.50. The van der Waals surface area contributed by atoms with Crippen LogP contribution in [-0.4, -0.2) is 31.5 Å². The van der Waals surface area contributed by atoms with E-state index < -0.39 is 32.0 Å². The van der Waals surface area contributed by atoms with Crippen LogP contribution < -0.4 is 16.3 Å². The fraction of sp³-hybridized carbons (Fsp3) is 0.103. The highest BCUT2D eigenvalue weighted by molar-refractivity contribution is 8.10. The van der Waals surface area contributed by atoms with E-state index in [0.717, 1.165) is 16.3 Å². The molecular formula is C29H22Cl2N2O5S2. The topological polar surface area (TPSA) is 108 Å². The van der Waals surface area contributed by atoms with Crippen LogP contribution in [0.3, 0.4) is 0 Å². The zero-order valence-corrected chi connectivity index (χ0v) is 24.2. The third-order valence-electron chi connectivity index (χ3n) is 6.26. The number of rotatable bonds is 6. The Balaban J connectivity index is 1.96. The predicted molar refractivity (Wildman–Crippen MR) is 157 cm³/mol. The van der Waals surface area contributed by atoms with Crippen LogP contribution in [0.15, 0.2) is 88.8 Å². The number of anilines is 1. The second-order valence-electron chi connectivity index (χ2n) is 8.71. The zero-order chi connectivity index (χ0) is 28.6. The van der Waals surface area contributed by atoms with Crippen molar-refractivity contribution in [3.8, 4) is 0 Å². The predicted octanol–water partition coefficient (Wildman–Crippen LogP) is 4.84. The maximum atomic E-state index is 14.2. The normalized spacial score (nSPS) is 15.7. The van der Waals surface area contributed by atoms with Gasteiger partial charge >= 0.3 is 5.97 Å². The number of benzene rings is 3. The number of nitrogens with zero attached hydrogens (tertiary/aromatic N) is 1. The van der Waals surface area contributed by atoms with Crippen molar-refractivity contribution in [2.24, 2.45) is 0 Å². The zero-order valence-electron chi connectivity index (χ0n) is 21.0. The van der Waals surface area contributed by atoms with Gasteiger partial charge in [0.1, 0.15) is 10.2 Å². The fourth-order valence-corrected chi connectivity index (χ4v) is 7.76. The average molecular weight is 614 g/mol. The fourth-order valence-electron chi connectivity index (χ4n) is 4.46. The van der Waals surface area contributed by atoms with E-state index in [1.54, 1.807) is 79.7 Å². The van der Waals surface area contributed by atoms with Gasteiger partial charge < -0.3 is 10.5 Å². The average Bonchev–Trinajstić information content (AvgIpc) is 3.24. The van der Waals surface area contributed by atoms with Gasteiger partial charge in [-0.05, 0) is 48.4 Å². The van der Waals surface area contributed by atoms with Crippen LogP contribution in [0, 0.1) is 0 Å². The first-order valence-electron chi connectivity index (χ1n) is 12.1. The molecule has 3 aromatic carbocycles. The molecule has 1 aliphatic heterocycles. The lowest BCUT2D eigenvalue weighted by molar-refractivity contribution is -0.135. The molecule has 7 nitrogen and oxygen atoms in total. The summed E-state index contributed by atoms with van der Waals surface area (Å²) >= 11 is 13.8. The van der Waals surface area contributed by atoms with Crippen molar-refractivity contribution in [3.63, 3.8) is 0 Å². The number of nitrogens with two attached hydrogens (primary N) is 1. The van der Waals surface area contributed by atoms with Gasteiger partial charge in [0.15, 0.2) is 5.03 Å². The number of aromatic nitrogens is 1. The summed E-state index contributed by atoms with van der Waals surface area (Å²) in [4.78, 5) is 27.6. The van der Waals surface area contributed by atoms with E-state index in [0.29, 0.717) is 16.1 Å². The second-order valence-corrected chi connectivity index (χ2v) is 12.5. The monoisotopic (exact) mass is 612 g/mol. The molecule has 0 aliphatic carbocycles. The van der Waals surface area contributed by atoms with E-state index in [4.69, 9.17) is 33.7 Å². The van der Waals surface area contributed by atoms with Crippen molar-refractivity contribution >= 4 is 73.3 Å². The van der Waals surface area contributed by atoms with Crippen LogP contribution in [0.5, 0.6) is 0 Å². The lowest BCUT2D eigenvalue weighted by Crippen LogP contribution is -2.42. The molecule has 0 bridgehead atoms. The molecule has 1 unspecified atom stereocenters. The Bertz CT molecular complexity index is 1890. The number of hydrogen-bond donors (Lipinski definition) is 1. The van der Waals surface area contributed by atoms with Gasteiger partial charge in [-0.2, -0.15) is 0 Å². The molecule has 2 heterocycles. The van der Waals surface area contributed by atoms with E-state index in [9.17, 15) is 18.0 Å². The van der Waals surface area contributed by atoms with Crippen molar-refractivity contribution in [3.05, 3.63) is 111 Å². The first-order valence-corrected chi connectivity index (χ1v) is 15.2. The molecule has 0 saturated carbocycles. The first-order chi connectivity index (χ1) is 19.2. The summed E-state index contributed by atoms with van der Waals surface area (Å²) in [5, 5.41) is -0.666. The second kappa shape index (κ2) is 11.2. The molecular weight excluding hydrogens is 591 g/mol. The number of esters is 1. The maximum absolute atomic E-state index is 14.2. The minimum atomic E-state index is -4.35. The summed E-state index contributed by atoms with van der Waals surface area (Å²) in [5.74, 6) is -1.35. The van der Waals surface area contributed by atoms with Crippen LogP contribution in [0.4, 0.5) is 5.69 Å². The van der Waals surface area contributed by atoms with E-state index in [-0.39, 0.29) is 37.7 Å². The quantitative estimate of drug-likeness (QED) is 0.310. The maximum Gasteiger partial charge on any atom is 0.346 e. The molecule has 40 heavy (non-hydrogen) atoms. The minimum absolute atomic E-state index is 0.0173. The number of thioether (sulfide) groups is 1. The minimum Gasteiger partial charge on any atom is -0.462 e. The first kappa shape index (κ1) is 28.0. The Labute approximate surface area is 244 Å². The lowest BCUT2D eigenvalue weighted by Gasteiger charge is -2.24. The van der Waals surface area contributed by atoms with E-state index >= 15 is 0 Å². The standard InChI is InChI=1S/C29H22Cl2N2O5S2/c1-2-38-29(35)26-24-20(16-17-10-6-8-14-21(17)30)23(32)28(40(36,37)18-11-4-3-5-12-18)33(24)27(34)25(39-26)19-13-7-9-15-22(19)31/h3-16,25H,2,32H2,1H3/b20-16+. The molecule has 11 heteroatoms. The Morgan fingerprint density at radius 3 is 2.27 bits per heavy atom. The lowest BCUT2D eigenvalue weighted by atomic mass is 10.1. The van der Waals surface area contributed by atoms with Crippen LogP contribution in [0.2, 0.25) is 10.0 Å². The number of carbonyl (C=O) groups excluding carboxylic acids is 2. The number of nitrogen functional groups attached to an aromatic ring is 1. The van der Waals surface area contributed by atoms with Gasteiger partial charge in [0.2, 0.25) is 15.7 Å². The van der Waals surface area contributed by atoms with Crippen LogP contribution >= 0.6 is 35.0 Å². The van der Waals surface area contributed by atoms with Gasteiger partial charge in [-0.25, -0.2) is 13.2 Å². The summed E-state index contributed by atoms with van der Waals surface area (Å²) in [6.45, 7) is 1.71. The Kier molecular flexibility index (Phi) is 7.83. The molecule has 1 atom stereocenters. The number of halogens is 2. The highest BCUT2D eigenvalue weighted by Crippen LogP contribution is 2.43. The molecule has 0 fully saturated rings. The molecule has 0 amide bonds. The molecule has 0 spiro atoms.